The van der Waals surface area contributed by atoms with Gasteiger partial charge in [-0.1, -0.05) is 13.8 Å². The molecule has 150 valence electrons. The molecule has 0 fully saturated rings. The number of rotatable bonds is 10. The van der Waals surface area contributed by atoms with Gasteiger partial charge >= 0.3 is 6.09 Å². The summed E-state index contributed by atoms with van der Waals surface area (Å²) in [5, 5.41) is 9.29. The van der Waals surface area contributed by atoms with Crippen molar-refractivity contribution in [2.24, 2.45) is 4.99 Å². The Kier molecular flexibility index (Phi) is 16.4. The van der Waals surface area contributed by atoms with E-state index in [1.54, 1.807) is 7.05 Å². The summed E-state index contributed by atoms with van der Waals surface area (Å²) in [6.07, 6.45) is 1.52. The Hall–Kier alpha value is -0.770. The first-order chi connectivity index (χ1) is 11.3. The van der Waals surface area contributed by atoms with E-state index in [2.05, 4.69) is 39.7 Å². The molecule has 1 amide bonds. The molecule has 0 heterocycles. The highest BCUT2D eigenvalue weighted by atomic mass is 127. The lowest BCUT2D eigenvalue weighted by atomic mass is 10.2. The second-order valence-corrected chi connectivity index (χ2v) is 6.59. The van der Waals surface area contributed by atoms with Gasteiger partial charge in [-0.05, 0) is 53.2 Å². The third-order valence-corrected chi connectivity index (χ3v) is 3.38. The van der Waals surface area contributed by atoms with E-state index in [9.17, 15) is 4.79 Å². The molecule has 7 nitrogen and oxygen atoms in total. The third-order valence-electron chi connectivity index (χ3n) is 3.38. The van der Waals surface area contributed by atoms with Gasteiger partial charge < -0.3 is 25.6 Å². The van der Waals surface area contributed by atoms with Crippen molar-refractivity contribution in [3.05, 3.63) is 0 Å². The van der Waals surface area contributed by atoms with E-state index in [-0.39, 0.29) is 30.1 Å². The molecule has 0 rings (SSSR count). The van der Waals surface area contributed by atoms with Crippen LogP contribution in [0.2, 0.25) is 0 Å². The minimum Gasteiger partial charge on any atom is -0.444 e. The molecule has 0 aromatic heterocycles. The van der Waals surface area contributed by atoms with Crippen LogP contribution in [0.4, 0.5) is 4.79 Å². The fourth-order valence-corrected chi connectivity index (χ4v) is 2.07. The van der Waals surface area contributed by atoms with E-state index in [1.165, 1.54) is 0 Å². The molecule has 0 aliphatic carbocycles. The predicted molar refractivity (Wildman–Crippen MR) is 116 cm³/mol. The molecular formula is C17H38IN5O2. The molecule has 3 N–H and O–H groups in total. The standard InChI is InChI=1S/C17H37N5O2.HI/c1-7-22(8-2)14-10-13-20-15(18-6)19-11-9-12-21-16(23)24-17(3,4)5;/h7-14H2,1-6H3,(H,21,23)(H2,18,19,20);1H. The zero-order chi connectivity index (χ0) is 18.4. The van der Waals surface area contributed by atoms with Crippen molar-refractivity contribution in [1.82, 2.24) is 20.9 Å². The second kappa shape index (κ2) is 15.5. The lowest BCUT2D eigenvalue weighted by Gasteiger charge is -2.20. The van der Waals surface area contributed by atoms with Gasteiger partial charge in [-0.3, -0.25) is 4.99 Å². The lowest BCUT2D eigenvalue weighted by molar-refractivity contribution is 0.0527. The van der Waals surface area contributed by atoms with Gasteiger partial charge in [0.05, 0.1) is 0 Å². The molecule has 0 unspecified atom stereocenters. The number of hydrogen-bond donors (Lipinski definition) is 3. The molecule has 0 bridgehead atoms. The van der Waals surface area contributed by atoms with Crippen LogP contribution in [0.1, 0.15) is 47.5 Å². The molecule has 0 aliphatic heterocycles. The number of aliphatic imine (C=N–C) groups is 1. The van der Waals surface area contributed by atoms with Gasteiger partial charge in [0, 0.05) is 26.7 Å². The van der Waals surface area contributed by atoms with Crippen LogP contribution in [0.25, 0.3) is 0 Å². The number of nitrogens with zero attached hydrogens (tertiary/aromatic N) is 2. The molecule has 0 radical (unpaired) electrons. The Morgan fingerprint density at radius 3 is 2.00 bits per heavy atom. The predicted octanol–water partition coefficient (Wildman–Crippen LogP) is 2.42. The maximum absolute atomic E-state index is 11.5. The molecule has 0 spiro atoms. The van der Waals surface area contributed by atoms with Crippen LogP contribution in [0.3, 0.4) is 0 Å². The third kappa shape index (κ3) is 16.4. The summed E-state index contributed by atoms with van der Waals surface area (Å²) in [6, 6.07) is 0. The van der Waals surface area contributed by atoms with Crippen molar-refractivity contribution in [3.63, 3.8) is 0 Å². The van der Waals surface area contributed by atoms with Crippen LogP contribution in [0.5, 0.6) is 0 Å². The fourth-order valence-electron chi connectivity index (χ4n) is 2.07. The highest BCUT2D eigenvalue weighted by Gasteiger charge is 2.15. The van der Waals surface area contributed by atoms with Crippen molar-refractivity contribution >= 4 is 36.0 Å². The van der Waals surface area contributed by atoms with Gasteiger partial charge in [0.25, 0.3) is 0 Å². The Labute approximate surface area is 170 Å². The molecule has 0 saturated carbocycles. The number of amides is 1. The Balaban J connectivity index is 0. The molecular weight excluding hydrogens is 433 g/mol. The summed E-state index contributed by atoms with van der Waals surface area (Å²) < 4.78 is 5.18. The van der Waals surface area contributed by atoms with Crippen LogP contribution < -0.4 is 16.0 Å². The van der Waals surface area contributed by atoms with Crippen molar-refractivity contribution in [3.8, 4) is 0 Å². The van der Waals surface area contributed by atoms with Gasteiger partial charge in [-0.15, -0.1) is 24.0 Å². The first kappa shape index (κ1) is 26.5. The Morgan fingerprint density at radius 2 is 1.52 bits per heavy atom. The molecule has 0 aromatic rings. The zero-order valence-corrected chi connectivity index (χ0v) is 19.1. The van der Waals surface area contributed by atoms with Crippen LogP contribution in [0, 0.1) is 0 Å². The summed E-state index contributed by atoms with van der Waals surface area (Å²) in [5.41, 5.74) is -0.459. The van der Waals surface area contributed by atoms with E-state index >= 15 is 0 Å². The first-order valence-electron chi connectivity index (χ1n) is 8.96. The average Bonchev–Trinajstić information content (AvgIpc) is 2.51. The number of guanidine groups is 1. The Morgan fingerprint density at radius 1 is 1.00 bits per heavy atom. The molecule has 0 saturated heterocycles. The highest BCUT2D eigenvalue weighted by molar-refractivity contribution is 14.0. The summed E-state index contributed by atoms with van der Waals surface area (Å²) in [5.74, 6) is 0.798. The topological polar surface area (TPSA) is 78.0 Å². The number of ether oxygens (including phenoxy) is 1. The maximum Gasteiger partial charge on any atom is 0.407 e. The van der Waals surface area contributed by atoms with Crippen LogP contribution >= 0.6 is 24.0 Å². The summed E-state index contributed by atoms with van der Waals surface area (Å²) >= 11 is 0. The summed E-state index contributed by atoms with van der Waals surface area (Å²) in [6.45, 7) is 15.4. The largest absolute Gasteiger partial charge is 0.444 e. The van der Waals surface area contributed by atoms with Crippen LogP contribution in [-0.4, -0.2) is 68.9 Å². The van der Waals surface area contributed by atoms with Gasteiger partial charge in [-0.2, -0.15) is 0 Å². The van der Waals surface area contributed by atoms with E-state index in [0.717, 1.165) is 51.5 Å². The quantitative estimate of drug-likeness (QED) is 0.198. The fraction of sp³-hybridized carbons (Fsp3) is 0.882. The number of nitrogens with one attached hydrogen (secondary N) is 3. The second-order valence-electron chi connectivity index (χ2n) is 6.59. The molecule has 0 atom stereocenters. The number of alkyl carbamates (subject to hydrolysis) is 1. The highest BCUT2D eigenvalue weighted by Crippen LogP contribution is 2.06. The van der Waals surface area contributed by atoms with Crippen molar-refractivity contribution in [1.29, 1.82) is 0 Å². The molecule has 8 heteroatoms. The van der Waals surface area contributed by atoms with E-state index in [4.69, 9.17) is 4.74 Å². The van der Waals surface area contributed by atoms with Crippen LogP contribution in [-0.2, 0) is 4.74 Å². The van der Waals surface area contributed by atoms with E-state index in [0.29, 0.717) is 6.54 Å². The number of carbonyl (C=O) groups excluding carboxylic acids is 1. The number of halogens is 1. The summed E-state index contributed by atoms with van der Waals surface area (Å²) in [4.78, 5) is 18.1. The zero-order valence-electron chi connectivity index (χ0n) is 16.8. The van der Waals surface area contributed by atoms with Crippen LogP contribution in [0.15, 0.2) is 4.99 Å². The van der Waals surface area contributed by atoms with Crippen molar-refractivity contribution < 1.29 is 9.53 Å². The SMILES string of the molecule is CCN(CC)CCCNC(=NC)NCCCNC(=O)OC(C)(C)C.I. The minimum absolute atomic E-state index is 0. The lowest BCUT2D eigenvalue weighted by Crippen LogP contribution is -2.40. The smallest absolute Gasteiger partial charge is 0.407 e. The number of hydrogen-bond acceptors (Lipinski definition) is 4. The van der Waals surface area contributed by atoms with Gasteiger partial charge in [-0.25, -0.2) is 4.79 Å². The Bertz CT molecular complexity index is 369. The van der Waals surface area contributed by atoms with Gasteiger partial charge in [0.2, 0.25) is 0 Å². The maximum atomic E-state index is 11.5. The molecule has 25 heavy (non-hydrogen) atoms. The molecule has 0 aromatic carbocycles. The normalized spacial score (nSPS) is 11.7. The summed E-state index contributed by atoms with van der Waals surface area (Å²) in [7, 11) is 1.76. The van der Waals surface area contributed by atoms with Gasteiger partial charge in [0.15, 0.2) is 5.96 Å². The molecule has 0 aliphatic rings. The minimum atomic E-state index is -0.459. The van der Waals surface area contributed by atoms with E-state index < -0.39 is 5.60 Å². The van der Waals surface area contributed by atoms with E-state index in [1.807, 2.05) is 20.8 Å². The number of carbonyl (C=O) groups is 1. The first-order valence-corrected chi connectivity index (χ1v) is 8.96. The van der Waals surface area contributed by atoms with Crippen molar-refractivity contribution in [2.45, 2.75) is 53.1 Å². The van der Waals surface area contributed by atoms with Gasteiger partial charge in [0.1, 0.15) is 5.60 Å². The van der Waals surface area contributed by atoms with Crippen molar-refractivity contribution in [2.75, 3.05) is 46.3 Å². The average molecular weight is 471 g/mol. The monoisotopic (exact) mass is 471 g/mol.